The third kappa shape index (κ3) is 8.01. The molecule has 4 rings (SSSR count). The SMILES string of the molecule is CCC1CCCN(c2nc3ccc(Br)cc3c(C(=O)NCC(CCC(=O)OC(C)(C)C)c3ccccc3Cl)c2C)C1. The van der Waals surface area contributed by atoms with E-state index in [1.165, 1.54) is 6.42 Å². The first-order chi connectivity index (χ1) is 19.5. The van der Waals surface area contributed by atoms with Crippen molar-refractivity contribution in [2.75, 3.05) is 24.5 Å². The molecule has 0 aliphatic carbocycles. The molecule has 2 atom stereocenters. The van der Waals surface area contributed by atoms with Crippen LogP contribution in [0.15, 0.2) is 46.9 Å². The molecule has 2 aromatic carbocycles. The molecule has 8 heteroatoms. The second kappa shape index (κ2) is 13.6. The summed E-state index contributed by atoms with van der Waals surface area (Å²) in [5, 5.41) is 4.61. The molecule has 0 saturated carbocycles. The number of amides is 1. The highest BCUT2D eigenvalue weighted by molar-refractivity contribution is 9.10. The summed E-state index contributed by atoms with van der Waals surface area (Å²) in [6.07, 6.45) is 4.21. The first-order valence-corrected chi connectivity index (χ1v) is 15.7. The Morgan fingerprint density at radius 3 is 2.68 bits per heavy atom. The van der Waals surface area contributed by atoms with Gasteiger partial charge >= 0.3 is 5.97 Å². The van der Waals surface area contributed by atoms with Crippen molar-refractivity contribution < 1.29 is 14.3 Å². The molecule has 1 fully saturated rings. The van der Waals surface area contributed by atoms with E-state index < -0.39 is 5.60 Å². The second-order valence-corrected chi connectivity index (χ2v) is 13.3. The average Bonchev–Trinajstić information content (AvgIpc) is 2.92. The minimum Gasteiger partial charge on any atom is -0.460 e. The molecule has 1 amide bonds. The van der Waals surface area contributed by atoms with Crippen LogP contribution in [0, 0.1) is 12.8 Å². The van der Waals surface area contributed by atoms with Gasteiger partial charge in [0.2, 0.25) is 0 Å². The van der Waals surface area contributed by atoms with Gasteiger partial charge in [0.15, 0.2) is 0 Å². The lowest BCUT2D eigenvalue weighted by molar-refractivity contribution is -0.155. The maximum atomic E-state index is 14.0. The van der Waals surface area contributed by atoms with Crippen LogP contribution in [0.2, 0.25) is 5.02 Å². The number of nitrogens with one attached hydrogen (secondary N) is 1. The fourth-order valence-corrected chi connectivity index (χ4v) is 6.32. The highest BCUT2D eigenvalue weighted by Gasteiger charge is 2.26. The average molecular weight is 643 g/mol. The smallest absolute Gasteiger partial charge is 0.306 e. The Morgan fingerprint density at radius 2 is 1.98 bits per heavy atom. The molecule has 1 saturated heterocycles. The number of halogens is 2. The van der Waals surface area contributed by atoms with Crippen LogP contribution in [0.5, 0.6) is 0 Å². The van der Waals surface area contributed by atoms with Crippen LogP contribution in [0.3, 0.4) is 0 Å². The quantitative estimate of drug-likeness (QED) is 0.238. The van der Waals surface area contributed by atoms with Crippen LogP contribution < -0.4 is 10.2 Å². The molecule has 1 aromatic heterocycles. The van der Waals surface area contributed by atoms with E-state index in [2.05, 4.69) is 33.1 Å². The van der Waals surface area contributed by atoms with E-state index in [0.29, 0.717) is 29.5 Å². The van der Waals surface area contributed by atoms with Crippen molar-refractivity contribution in [1.82, 2.24) is 10.3 Å². The standard InChI is InChI=1S/C33H41BrClN3O3/c1-6-22-10-9-17-38(20-22)31-21(2)30(26-18-24(34)14-15-28(26)37-31)32(40)36-19-23(25-11-7-8-12-27(25)35)13-16-29(39)41-33(3,4)5/h7-8,11-12,14-15,18,22-23H,6,9-10,13,16-17,19-20H2,1-5H3,(H,36,40). The monoisotopic (exact) mass is 641 g/mol. The highest BCUT2D eigenvalue weighted by atomic mass is 79.9. The number of hydrogen-bond donors (Lipinski definition) is 1. The summed E-state index contributed by atoms with van der Waals surface area (Å²) >= 11 is 10.2. The fourth-order valence-electron chi connectivity index (χ4n) is 5.67. The lowest BCUT2D eigenvalue weighted by Gasteiger charge is -2.34. The summed E-state index contributed by atoms with van der Waals surface area (Å²) in [5.74, 6) is 0.929. The van der Waals surface area contributed by atoms with Crippen molar-refractivity contribution in [1.29, 1.82) is 0 Å². The Bertz CT molecular complexity index is 1400. The van der Waals surface area contributed by atoms with Gasteiger partial charge in [-0.2, -0.15) is 0 Å². The van der Waals surface area contributed by atoms with Gasteiger partial charge in [-0.25, -0.2) is 4.98 Å². The Labute approximate surface area is 257 Å². The number of nitrogens with zero attached hydrogens (tertiary/aromatic N) is 2. The lowest BCUT2D eigenvalue weighted by atomic mass is 9.93. The van der Waals surface area contributed by atoms with Crippen LogP contribution in [-0.4, -0.2) is 42.1 Å². The Morgan fingerprint density at radius 1 is 1.22 bits per heavy atom. The van der Waals surface area contributed by atoms with E-state index in [0.717, 1.165) is 58.3 Å². The fraction of sp³-hybridized carbons (Fsp3) is 0.485. The van der Waals surface area contributed by atoms with Crippen LogP contribution >= 0.6 is 27.5 Å². The highest BCUT2D eigenvalue weighted by Crippen LogP contribution is 2.34. The lowest BCUT2D eigenvalue weighted by Crippen LogP contribution is -2.37. The van der Waals surface area contributed by atoms with Crippen LogP contribution in [0.4, 0.5) is 5.82 Å². The van der Waals surface area contributed by atoms with Crippen molar-refractivity contribution in [3.8, 4) is 0 Å². The first-order valence-electron chi connectivity index (χ1n) is 14.6. The number of rotatable bonds is 9. The number of carbonyl (C=O) groups excluding carboxylic acids is 2. The van der Waals surface area contributed by atoms with E-state index in [4.69, 9.17) is 21.3 Å². The maximum Gasteiger partial charge on any atom is 0.306 e. The molecular formula is C33H41BrClN3O3. The van der Waals surface area contributed by atoms with E-state index >= 15 is 0 Å². The summed E-state index contributed by atoms with van der Waals surface area (Å²) in [7, 11) is 0. The molecule has 2 heterocycles. The predicted molar refractivity (Wildman–Crippen MR) is 171 cm³/mol. The Hall–Kier alpha value is -2.64. The molecule has 41 heavy (non-hydrogen) atoms. The van der Waals surface area contributed by atoms with Gasteiger partial charge in [0, 0.05) is 52.4 Å². The number of esters is 1. The van der Waals surface area contributed by atoms with Gasteiger partial charge in [0.1, 0.15) is 11.4 Å². The molecule has 1 aliphatic rings. The minimum atomic E-state index is -0.553. The largest absolute Gasteiger partial charge is 0.460 e. The van der Waals surface area contributed by atoms with Gasteiger partial charge in [-0.3, -0.25) is 9.59 Å². The summed E-state index contributed by atoms with van der Waals surface area (Å²) in [5.41, 5.74) is 2.66. The topological polar surface area (TPSA) is 71.5 Å². The number of fused-ring (bicyclic) bond motifs is 1. The van der Waals surface area contributed by atoms with Crippen molar-refractivity contribution in [3.63, 3.8) is 0 Å². The Balaban J connectivity index is 1.63. The number of benzene rings is 2. The molecule has 220 valence electrons. The summed E-state index contributed by atoms with van der Waals surface area (Å²) in [6, 6.07) is 13.5. The number of hydrogen-bond acceptors (Lipinski definition) is 5. The van der Waals surface area contributed by atoms with Gasteiger partial charge in [-0.15, -0.1) is 0 Å². The maximum absolute atomic E-state index is 14.0. The van der Waals surface area contributed by atoms with E-state index in [1.807, 2.05) is 70.2 Å². The van der Waals surface area contributed by atoms with Gasteiger partial charge in [0.25, 0.3) is 5.91 Å². The zero-order valence-corrected chi connectivity index (χ0v) is 27.1. The molecule has 6 nitrogen and oxygen atoms in total. The second-order valence-electron chi connectivity index (χ2n) is 12.0. The van der Waals surface area contributed by atoms with Gasteiger partial charge in [0.05, 0.1) is 11.1 Å². The molecule has 0 bridgehead atoms. The van der Waals surface area contributed by atoms with Crippen LogP contribution in [-0.2, 0) is 9.53 Å². The predicted octanol–water partition coefficient (Wildman–Crippen LogP) is 8.22. The molecule has 1 aliphatic heterocycles. The number of ether oxygens (including phenoxy) is 1. The normalized spacial score (nSPS) is 16.5. The minimum absolute atomic E-state index is 0.160. The molecular weight excluding hydrogens is 602 g/mol. The van der Waals surface area contributed by atoms with Crippen molar-refractivity contribution in [2.24, 2.45) is 5.92 Å². The summed E-state index contributed by atoms with van der Waals surface area (Å²) in [6.45, 7) is 12.0. The Kier molecular flexibility index (Phi) is 10.3. The number of piperidine rings is 1. The van der Waals surface area contributed by atoms with Crippen LogP contribution in [0.25, 0.3) is 10.9 Å². The summed E-state index contributed by atoms with van der Waals surface area (Å²) < 4.78 is 6.43. The third-order valence-corrected chi connectivity index (χ3v) is 8.60. The zero-order valence-electron chi connectivity index (χ0n) is 24.7. The molecule has 1 N–H and O–H groups in total. The molecule has 2 unspecified atom stereocenters. The van der Waals surface area contributed by atoms with Gasteiger partial charge in [-0.1, -0.05) is 59.1 Å². The number of pyridine rings is 1. The molecule has 0 spiro atoms. The zero-order chi connectivity index (χ0) is 29.7. The van der Waals surface area contributed by atoms with Crippen molar-refractivity contribution in [2.45, 2.75) is 78.2 Å². The number of aromatic nitrogens is 1. The van der Waals surface area contributed by atoms with E-state index in [1.54, 1.807) is 0 Å². The van der Waals surface area contributed by atoms with Crippen molar-refractivity contribution in [3.05, 3.63) is 68.7 Å². The summed E-state index contributed by atoms with van der Waals surface area (Å²) in [4.78, 5) is 33.9. The number of carbonyl (C=O) groups is 2. The van der Waals surface area contributed by atoms with Gasteiger partial charge < -0.3 is 15.0 Å². The number of anilines is 1. The third-order valence-electron chi connectivity index (χ3n) is 7.76. The van der Waals surface area contributed by atoms with Crippen molar-refractivity contribution >= 4 is 56.1 Å². The van der Waals surface area contributed by atoms with Gasteiger partial charge in [-0.05, 0) is 82.7 Å². The van der Waals surface area contributed by atoms with E-state index in [-0.39, 0.29) is 24.2 Å². The molecule has 3 aromatic rings. The first kappa shape index (κ1) is 31.3. The molecule has 0 radical (unpaired) electrons. The van der Waals surface area contributed by atoms with E-state index in [9.17, 15) is 9.59 Å². The van der Waals surface area contributed by atoms with Crippen LogP contribution in [0.1, 0.15) is 87.2 Å².